The van der Waals surface area contributed by atoms with Crippen LogP contribution in [0.2, 0.25) is 0 Å². The van der Waals surface area contributed by atoms with Crippen molar-refractivity contribution in [3.8, 4) is 0 Å². The van der Waals surface area contributed by atoms with Gasteiger partial charge in [-0.2, -0.15) is 5.10 Å². The quantitative estimate of drug-likeness (QED) is 0.784. The molecule has 1 N–H and O–H groups in total. The Labute approximate surface area is 104 Å². The van der Waals surface area contributed by atoms with E-state index in [0.717, 1.165) is 0 Å². The lowest BCUT2D eigenvalue weighted by Crippen LogP contribution is -2.52. The fourth-order valence-corrected chi connectivity index (χ4v) is 2.00. The number of aliphatic carboxylic acids is 1. The van der Waals surface area contributed by atoms with Gasteiger partial charge in [-0.1, -0.05) is 0 Å². The summed E-state index contributed by atoms with van der Waals surface area (Å²) in [5, 5.41) is 12.9. The van der Waals surface area contributed by atoms with Gasteiger partial charge in [-0.15, -0.1) is 0 Å². The summed E-state index contributed by atoms with van der Waals surface area (Å²) in [6.45, 7) is 2.19. The van der Waals surface area contributed by atoms with Crippen LogP contribution in [0.3, 0.4) is 0 Å². The molecular weight excluding hydrogens is 238 g/mol. The first-order chi connectivity index (χ1) is 8.49. The molecule has 1 amide bonds. The number of aromatic nitrogens is 2. The van der Waals surface area contributed by atoms with E-state index in [0.29, 0.717) is 12.2 Å². The van der Waals surface area contributed by atoms with Crippen LogP contribution in [0.25, 0.3) is 0 Å². The van der Waals surface area contributed by atoms with Crippen LogP contribution in [0.15, 0.2) is 12.3 Å². The summed E-state index contributed by atoms with van der Waals surface area (Å²) in [6.07, 6.45) is 0.272. The second-order valence-corrected chi connectivity index (χ2v) is 4.32. The Morgan fingerprint density at radius 1 is 1.50 bits per heavy atom. The number of carboxylic acid groups (broad SMARTS) is 1. The van der Waals surface area contributed by atoms with E-state index in [9.17, 15) is 9.59 Å². The highest BCUT2D eigenvalue weighted by Gasteiger charge is 2.33. The van der Waals surface area contributed by atoms with Crippen LogP contribution >= 0.6 is 0 Å². The summed E-state index contributed by atoms with van der Waals surface area (Å²) >= 11 is 0. The Bertz CT molecular complexity index is 471. The van der Waals surface area contributed by atoms with Crippen LogP contribution in [-0.4, -0.2) is 57.0 Å². The molecule has 0 radical (unpaired) electrons. The molecule has 0 aliphatic carbocycles. The summed E-state index contributed by atoms with van der Waals surface area (Å²) in [7, 11) is 1.67. The molecule has 18 heavy (non-hydrogen) atoms. The number of amides is 1. The first-order valence-corrected chi connectivity index (χ1v) is 5.64. The SMILES string of the molecule is C[C@@H]1CN(C(=O)c2ccnn2C)CC(C(=O)O)O1. The minimum atomic E-state index is -1.05. The number of carboxylic acids is 1. The Balaban J connectivity index is 2.15. The molecule has 7 heteroatoms. The van der Waals surface area contributed by atoms with Crippen LogP contribution < -0.4 is 0 Å². The fourth-order valence-electron chi connectivity index (χ4n) is 2.00. The van der Waals surface area contributed by atoms with E-state index >= 15 is 0 Å². The third-order valence-electron chi connectivity index (χ3n) is 2.86. The zero-order chi connectivity index (χ0) is 13.3. The van der Waals surface area contributed by atoms with Gasteiger partial charge < -0.3 is 14.7 Å². The Kier molecular flexibility index (Phi) is 3.33. The largest absolute Gasteiger partial charge is 0.479 e. The number of morpholine rings is 1. The summed E-state index contributed by atoms with van der Waals surface area (Å²) < 4.78 is 6.73. The maximum absolute atomic E-state index is 12.2. The molecule has 98 valence electrons. The van der Waals surface area contributed by atoms with E-state index in [1.165, 1.54) is 15.8 Å². The highest BCUT2D eigenvalue weighted by molar-refractivity contribution is 5.93. The fraction of sp³-hybridized carbons (Fsp3) is 0.545. The van der Waals surface area contributed by atoms with E-state index in [2.05, 4.69) is 5.10 Å². The van der Waals surface area contributed by atoms with Crippen LogP contribution in [-0.2, 0) is 16.6 Å². The van der Waals surface area contributed by atoms with E-state index in [-0.39, 0.29) is 18.6 Å². The topological polar surface area (TPSA) is 84.7 Å². The standard InChI is InChI=1S/C11H15N3O4/c1-7-5-14(6-9(18-7)11(16)17)10(15)8-3-4-12-13(8)2/h3-4,7,9H,5-6H2,1-2H3,(H,16,17)/t7-,9?/m1/s1. The van der Waals surface area contributed by atoms with Gasteiger partial charge in [0, 0.05) is 19.8 Å². The number of carbonyl (C=O) groups excluding carboxylic acids is 1. The van der Waals surface area contributed by atoms with Crippen LogP contribution in [0.4, 0.5) is 0 Å². The summed E-state index contributed by atoms with van der Waals surface area (Å²) in [6, 6.07) is 1.61. The highest BCUT2D eigenvalue weighted by atomic mass is 16.5. The van der Waals surface area contributed by atoms with E-state index in [1.807, 2.05) is 0 Å². The molecule has 0 aromatic carbocycles. The molecule has 0 saturated carbocycles. The molecule has 1 aliphatic heterocycles. The van der Waals surface area contributed by atoms with Crippen LogP contribution in [0.1, 0.15) is 17.4 Å². The molecule has 1 aliphatic rings. The van der Waals surface area contributed by atoms with Gasteiger partial charge in [0.05, 0.1) is 12.6 Å². The molecule has 1 fully saturated rings. The van der Waals surface area contributed by atoms with E-state index in [1.54, 1.807) is 20.0 Å². The number of ether oxygens (including phenoxy) is 1. The lowest BCUT2D eigenvalue weighted by atomic mass is 10.2. The molecule has 1 aromatic heterocycles. The Morgan fingerprint density at radius 3 is 2.78 bits per heavy atom. The van der Waals surface area contributed by atoms with Crippen molar-refractivity contribution in [2.75, 3.05) is 13.1 Å². The van der Waals surface area contributed by atoms with E-state index in [4.69, 9.17) is 9.84 Å². The number of rotatable bonds is 2. The zero-order valence-electron chi connectivity index (χ0n) is 10.2. The first-order valence-electron chi connectivity index (χ1n) is 5.64. The number of aryl methyl sites for hydroxylation is 1. The number of carbonyl (C=O) groups is 2. The van der Waals surface area contributed by atoms with Crippen LogP contribution in [0, 0.1) is 0 Å². The number of nitrogens with zero attached hydrogens (tertiary/aromatic N) is 3. The van der Waals surface area contributed by atoms with Crippen molar-refractivity contribution in [2.24, 2.45) is 7.05 Å². The highest BCUT2D eigenvalue weighted by Crippen LogP contribution is 2.14. The van der Waals surface area contributed by atoms with Crippen molar-refractivity contribution in [1.29, 1.82) is 0 Å². The lowest BCUT2D eigenvalue weighted by Gasteiger charge is -2.34. The molecule has 7 nitrogen and oxygen atoms in total. The molecular formula is C11H15N3O4. The minimum Gasteiger partial charge on any atom is -0.479 e. The van der Waals surface area contributed by atoms with Gasteiger partial charge in [0.15, 0.2) is 6.10 Å². The molecule has 2 heterocycles. The minimum absolute atomic E-state index is 0.0592. The van der Waals surface area contributed by atoms with Gasteiger partial charge in [-0.25, -0.2) is 4.79 Å². The van der Waals surface area contributed by atoms with Crippen molar-refractivity contribution in [1.82, 2.24) is 14.7 Å². The van der Waals surface area contributed by atoms with Crippen molar-refractivity contribution in [3.05, 3.63) is 18.0 Å². The van der Waals surface area contributed by atoms with Crippen LogP contribution in [0.5, 0.6) is 0 Å². The summed E-state index contributed by atoms with van der Waals surface area (Å²) in [5.41, 5.74) is 0.438. The van der Waals surface area contributed by atoms with Crippen molar-refractivity contribution in [2.45, 2.75) is 19.1 Å². The zero-order valence-corrected chi connectivity index (χ0v) is 10.2. The Hall–Kier alpha value is -1.89. The Morgan fingerprint density at radius 2 is 2.22 bits per heavy atom. The monoisotopic (exact) mass is 253 g/mol. The predicted molar refractivity (Wildman–Crippen MR) is 61.1 cm³/mol. The summed E-state index contributed by atoms with van der Waals surface area (Å²) in [5.74, 6) is -1.28. The van der Waals surface area contributed by atoms with Crippen molar-refractivity contribution in [3.63, 3.8) is 0 Å². The maximum Gasteiger partial charge on any atom is 0.334 e. The average molecular weight is 253 g/mol. The second kappa shape index (κ2) is 4.77. The molecule has 0 spiro atoms. The van der Waals surface area contributed by atoms with Gasteiger partial charge in [0.25, 0.3) is 5.91 Å². The van der Waals surface area contributed by atoms with Gasteiger partial charge in [0.1, 0.15) is 5.69 Å². The van der Waals surface area contributed by atoms with Gasteiger partial charge in [-0.05, 0) is 13.0 Å². The van der Waals surface area contributed by atoms with Crippen molar-refractivity contribution >= 4 is 11.9 Å². The summed E-state index contributed by atoms with van der Waals surface area (Å²) in [4.78, 5) is 24.6. The number of hydrogen-bond donors (Lipinski definition) is 1. The van der Waals surface area contributed by atoms with Gasteiger partial charge in [0.2, 0.25) is 0 Å². The third kappa shape index (κ3) is 2.35. The molecule has 0 bridgehead atoms. The molecule has 1 unspecified atom stereocenters. The van der Waals surface area contributed by atoms with Gasteiger partial charge >= 0.3 is 5.97 Å². The normalized spacial score (nSPS) is 24.0. The van der Waals surface area contributed by atoms with E-state index < -0.39 is 12.1 Å². The molecule has 2 atom stereocenters. The second-order valence-electron chi connectivity index (χ2n) is 4.32. The van der Waals surface area contributed by atoms with Gasteiger partial charge in [-0.3, -0.25) is 9.48 Å². The van der Waals surface area contributed by atoms with Crippen molar-refractivity contribution < 1.29 is 19.4 Å². The molecule has 1 saturated heterocycles. The molecule has 1 aromatic rings. The molecule has 2 rings (SSSR count). The third-order valence-corrected chi connectivity index (χ3v) is 2.86. The average Bonchev–Trinajstić information content (AvgIpc) is 2.73. The lowest BCUT2D eigenvalue weighted by molar-refractivity contribution is -0.160. The first kappa shape index (κ1) is 12.6. The number of hydrogen-bond acceptors (Lipinski definition) is 4. The maximum atomic E-state index is 12.2. The smallest absolute Gasteiger partial charge is 0.334 e. The predicted octanol–water partition coefficient (Wildman–Crippen LogP) is -0.266.